The molecule has 0 bridgehead atoms. The third kappa shape index (κ3) is 1.85. The molecule has 1 amide bonds. The Hall–Kier alpha value is -1.06. The van der Waals surface area contributed by atoms with E-state index in [1.54, 1.807) is 20.9 Å². The number of morpholine rings is 1. The van der Waals surface area contributed by atoms with Crippen molar-refractivity contribution in [2.75, 3.05) is 7.05 Å². The Labute approximate surface area is 90.6 Å². The molecule has 1 saturated heterocycles. The van der Waals surface area contributed by atoms with Gasteiger partial charge >= 0.3 is 5.97 Å². The highest BCUT2D eigenvalue weighted by Crippen LogP contribution is 2.31. The summed E-state index contributed by atoms with van der Waals surface area (Å²) in [5.74, 6) is -0.475. The first kappa shape index (κ1) is 12.0. The van der Waals surface area contributed by atoms with Crippen LogP contribution in [0.1, 0.15) is 34.6 Å². The average Bonchev–Trinajstić information content (AvgIpc) is 2.07. The summed E-state index contributed by atoms with van der Waals surface area (Å²) in [6.07, 6.45) is -0.678. The number of likely N-dealkylation sites (N-methyl/N-ethyl adjacent to an activating group) is 1. The van der Waals surface area contributed by atoms with Crippen LogP contribution in [0.5, 0.6) is 0 Å². The zero-order chi connectivity index (χ0) is 12.0. The molecule has 1 fully saturated rings. The molecule has 4 nitrogen and oxygen atoms in total. The predicted octanol–water partition coefficient (Wildman–Crippen LogP) is 1.19. The topological polar surface area (TPSA) is 46.6 Å². The summed E-state index contributed by atoms with van der Waals surface area (Å²) in [6.45, 7) is 9.03. The highest BCUT2D eigenvalue weighted by Gasteiger charge is 2.50. The first-order valence-corrected chi connectivity index (χ1v) is 5.07. The number of ether oxygens (including phenoxy) is 1. The van der Waals surface area contributed by atoms with E-state index in [4.69, 9.17) is 4.74 Å². The molecule has 0 radical (unpaired) electrons. The quantitative estimate of drug-likeness (QED) is 0.568. The molecule has 4 heteroatoms. The number of amides is 1. The van der Waals surface area contributed by atoms with Crippen molar-refractivity contribution in [1.82, 2.24) is 4.90 Å². The maximum Gasteiger partial charge on any atom is 0.332 e. The molecule has 0 aromatic carbocycles. The van der Waals surface area contributed by atoms with E-state index in [9.17, 15) is 9.59 Å². The minimum atomic E-state index is -0.862. The second kappa shape index (κ2) is 3.22. The maximum atomic E-state index is 12.0. The van der Waals surface area contributed by atoms with Gasteiger partial charge in [0.2, 0.25) is 0 Å². The molecule has 1 aliphatic heterocycles. The fourth-order valence-corrected chi connectivity index (χ4v) is 1.44. The van der Waals surface area contributed by atoms with E-state index in [0.29, 0.717) is 0 Å². The van der Waals surface area contributed by atoms with Crippen LogP contribution in [0.15, 0.2) is 0 Å². The lowest BCUT2D eigenvalue weighted by molar-refractivity contribution is -0.191. The third-order valence-corrected chi connectivity index (χ3v) is 2.90. The highest BCUT2D eigenvalue weighted by atomic mass is 16.6. The average molecular weight is 213 g/mol. The van der Waals surface area contributed by atoms with Gasteiger partial charge in [-0.05, 0) is 13.8 Å². The molecule has 1 heterocycles. The third-order valence-electron chi connectivity index (χ3n) is 2.90. The summed E-state index contributed by atoms with van der Waals surface area (Å²) in [5.41, 5.74) is -1.23. The van der Waals surface area contributed by atoms with Gasteiger partial charge in [-0.15, -0.1) is 0 Å². The van der Waals surface area contributed by atoms with Crippen LogP contribution < -0.4 is 0 Å². The van der Waals surface area contributed by atoms with Gasteiger partial charge in [-0.1, -0.05) is 20.8 Å². The molecule has 0 saturated carbocycles. The molecule has 0 aromatic heterocycles. The Morgan fingerprint density at radius 2 is 1.73 bits per heavy atom. The molecule has 0 spiro atoms. The van der Waals surface area contributed by atoms with Crippen molar-refractivity contribution >= 4 is 11.9 Å². The van der Waals surface area contributed by atoms with E-state index in [0.717, 1.165) is 0 Å². The number of carbonyl (C=O) groups excluding carboxylic acids is 2. The van der Waals surface area contributed by atoms with Gasteiger partial charge in [0.05, 0.1) is 0 Å². The summed E-state index contributed by atoms with van der Waals surface area (Å²) in [5, 5.41) is 0. The number of rotatable bonds is 0. The van der Waals surface area contributed by atoms with Crippen molar-refractivity contribution in [3.05, 3.63) is 0 Å². The van der Waals surface area contributed by atoms with Gasteiger partial charge in [-0.3, -0.25) is 4.79 Å². The van der Waals surface area contributed by atoms with Gasteiger partial charge in [0, 0.05) is 12.5 Å². The largest absolute Gasteiger partial charge is 0.450 e. The lowest BCUT2D eigenvalue weighted by Crippen LogP contribution is -2.63. The number of hydrogen-bond acceptors (Lipinski definition) is 3. The summed E-state index contributed by atoms with van der Waals surface area (Å²) in [6, 6.07) is 0. The summed E-state index contributed by atoms with van der Waals surface area (Å²) >= 11 is 0. The van der Waals surface area contributed by atoms with Crippen LogP contribution in [-0.4, -0.2) is 35.5 Å². The van der Waals surface area contributed by atoms with E-state index in [1.165, 1.54) is 4.90 Å². The van der Waals surface area contributed by atoms with Crippen LogP contribution in [0.3, 0.4) is 0 Å². The predicted molar refractivity (Wildman–Crippen MR) is 56.2 cm³/mol. The van der Waals surface area contributed by atoms with Gasteiger partial charge in [0.15, 0.2) is 6.10 Å². The summed E-state index contributed by atoms with van der Waals surface area (Å²) in [4.78, 5) is 25.2. The van der Waals surface area contributed by atoms with E-state index in [1.807, 2.05) is 20.8 Å². The maximum absolute atomic E-state index is 12.0. The molecular weight excluding hydrogens is 194 g/mol. The first-order chi connectivity index (χ1) is 6.58. The SMILES string of the molecule is CN1C(=O)C(C(C)(C)C)OC(=O)C1(C)C. The lowest BCUT2D eigenvalue weighted by atomic mass is 9.85. The van der Waals surface area contributed by atoms with Crippen LogP contribution in [0.4, 0.5) is 0 Å². The van der Waals surface area contributed by atoms with Gasteiger partial charge in [0.1, 0.15) is 5.54 Å². The summed E-state index contributed by atoms with van der Waals surface area (Å²) < 4.78 is 5.22. The van der Waals surface area contributed by atoms with Crippen LogP contribution in [0, 0.1) is 5.41 Å². The van der Waals surface area contributed by atoms with E-state index < -0.39 is 11.6 Å². The molecule has 1 atom stereocenters. The van der Waals surface area contributed by atoms with Gasteiger partial charge in [0.25, 0.3) is 5.91 Å². The molecule has 0 aromatic rings. The fourth-order valence-electron chi connectivity index (χ4n) is 1.44. The molecule has 1 unspecified atom stereocenters. The highest BCUT2D eigenvalue weighted by molar-refractivity contribution is 5.95. The first-order valence-electron chi connectivity index (χ1n) is 5.07. The fraction of sp³-hybridized carbons (Fsp3) is 0.818. The van der Waals surface area contributed by atoms with Crippen LogP contribution in [-0.2, 0) is 14.3 Å². The number of carbonyl (C=O) groups is 2. The van der Waals surface area contributed by atoms with E-state index in [2.05, 4.69) is 0 Å². The Kier molecular flexibility index (Phi) is 2.58. The zero-order valence-corrected chi connectivity index (χ0v) is 10.2. The van der Waals surface area contributed by atoms with Gasteiger partial charge in [-0.25, -0.2) is 4.79 Å². The van der Waals surface area contributed by atoms with E-state index in [-0.39, 0.29) is 17.3 Å². The Morgan fingerprint density at radius 3 is 2.13 bits per heavy atom. The van der Waals surface area contributed by atoms with Crippen molar-refractivity contribution in [2.45, 2.75) is 46.3 Å². The minimum absolute atomic E-state index is 0.132. The smallest absolute Gasteiger partial charge is 0.332 e. The zero-order valence-electron chi connectivity index (χ0n) is 10.2. The molecule has 1 rings (SSSR count). The minimum Gasteiger partial charge on any atom is -0.450 e. The standard InChI is InChI=1S/C11H19NO3/c1-10(2,3)7-8(13)12(6)11(4,5)9(14)15-7/h7H,1-6H3. The van der Waals surface area contributed by atoms with Crippen LogP contribution in [0.25, 0.3) is 0 Å². The molecule has 86 valence electrons. The van der Waals surface area contributed by atoms with Crippen LogP contribution in [0.2, 0.25) is 0 Å². The number of cyclic esters (lactones) is 1. The van der Waals surface area contributed by atoms with Crippen molar-refractivity contribution in [3.63, 3.8) is 0 Å². The number of hydrogen-bond donors (Lipinski definition) is 0. The van der Waals surface area contributed by atoms with Crippen molar-refractivity contribution in [3.8, 4) is 0 Å². The second-order valence-electron chi connectivity index (χ2n) is 5.61. The van der Waals surface area contributed by atoms with Crippen molar-refractivity contribution in [1.29, 1.82) is 0 Å². The monoisotopic (exact) mass is 213 g/mol. The normalized spacial score (nSPS) is 26.5. The Balaban J connectivity index is 3.04. The van der Waals surface area contributed by atoms with Crippen molar-refractivity contribution in [2.24, 2.45) is 5.41 Å². The Bertz CT molecular complexity index is 301. The second-order valence-corrected chi connectivity index (χ2v) is 5.61. The van der Waals surface area contributed by atoms with Gasteiger partial charge < -0.3 is 9.64 Å². The number of nitrogens with zero attached hydrogens (tertiary/aromatic N) is 1. The molecule has 0 N–H and O–H groups in total. The molecular formula is C11H19NO3. The summed E-state index contributed by atoms with van der Waals surface area (Å²) in [7, 11) is 1.64. The number of esters is 1. The van der Waals surface area contributed by atoms with Gasteiger partial charge in [-0.2, -0.15) is 0 Å². The molecule has 0 aliphatic carbocycles. The Morgan fingerprint density at radius 1 is 1.27 bits per heavy atom. The van der Waals surface area contributed by atoms with Crippen LogP contribution >= 0.6 is 0 Å². The lowest BCUT2D eigenvalue weighted by Gasteiger charge is -2.44. The molecule has 15 heavy (non-hydrogen) atoms. The van der Waals surface area contributed by atoms with E-state index >= 15 is 0 Å². The molecule has 1 aliphatic rings. The van der Waals surface area contributed by atoms with Crippen molar-refractivity contribution < 1.29 is 14.3 Å².